The van der Waals surface area contributed by atoms with E-state index in [9.17, 15) is 0 Å². The molecule has 1 heterocycles. The lowest BCUT2D eigenvalue weighted by molar-refractivity contribution is 0.156. The quantitative estimate of drug-likeness (QED) is 0.398. The van der Waals surface area contributed by atoms with Crippen molar-refractivity contribution in [2.75, 3.05) is 32.7 Å². The molecule has 30 heavy (non-hydrogen) atoms. The molecule has 0 saturated carbocycles. The van der Waals surface area contributed by atoms with E-state index in [1.165, 1.54) is 24.9 Å². The summed E-state index contributed by atoms with van der Waals surface area (Å²) in [5.74, 6) is 1.91. The Bertz CT molecular complexity index is 456. The van der Waals surface area contributed by atoms with Gasteiger partial charge in [-0.3, -0.25) is 4.90 Å². The number of nitrogens with one attached hydrogen (secondary N) is 2. The molecular weight excluding hydrogens is 370 g/mol. The van der Waals surface area contributed by atoms with E-state index in [0.717, 1.165) is 43.6 Å². The minimum Gasteiger partial charge on any atom is -0.405 e. The Hall–Kier alpha value is -1.30. The molecule has 2 atom stereocenters. The van der Waals surface area contributed by atoms with E-state index in [1.807, 2.05) is 0 Å². The predicted octanol–water partition coefficient (Wildman–Crippen LogP) is 4.09. The highest BCUT2D eigenvalue weighted by molar-refractivity contribution is 5.12. The maximum atomic E-state index is 5.63. The van der Waals surface area contributed by atoms with Gasteiger partial charge in [-0.1, -0.05) is 66.9 Å². The topological polar surface area (TPSA) is 79.3 Å². The molecule has 0 aromatic carbocycles. The van der Waals surface area contributed by atoms with Crippen LogP contribution in [0.25, 0.3) is 0 Å². The van der Waals surface area contributed by atoms with E-state index in [4.69, 9.17) is 5.73 Å². The van der Waals surface area contributed by atoms with Crippen molar-refractivity contribution in [1.29, 1.82) is 0 Å². The summed E-state index contributed by atoms with van der Waals surface area (Å²) in [5, 5.41) is 6.85. The molecule has 0 aromatic rings. The highest BCUT2D eigenvalue weighted by atomic mass is 15.2. The molecule has 6 N–H and O–H groups in total. The molecule has 0 aliphatic carbocycles. The summed E-state index contributed by atoms with van der Waals surface area (Å²) in [6, 6.07) is 1.00. The molecule has 178 valence electrons. The first kappa shape index (κ1) is 30.9. The molecule has 0 bridgehead atoms. The number of nitrogens with two attached hydrogens (primary N) is 2. The van der Waals surface area contributed by atoms with Gasteiger partial charge in [0.1, 0.15) is 0 Å². The van der Waals surface area contributed by atoms with Crippen LogP contribution in [0.1, 0.15) is 61.3 Å². The summed E-state index contributed by atoms with van der Waals surface area (Å²) in [7, 11) is 0. The summed E-state index contributed by atoms with van der Waals surface area (Å²) in [5.41, 5.74) is 12.6. The van der Waals surface area contributed by atoms with Gasteiger partial charge in [-0.05, 0) is 50.3 Å². The smallest absolute Gasteiger partial charge is 0.0482 e. The van der Waals surface area contributed by atoms with Crippen LogP contribution in [0.4, 0.5) is 0 Å². The van der Waals surface area contributed by atoms with Crippen LogP contribution >= 0.6 is 0 Å². The zero-order valence-electron chi connectivity index (χ0n) is 21.1. The Kier molecular flexibility index (Phi) is 19.0. The summed E-state index contributed by atoms with van der Waals surface area (Å²) >= 11 is 0. The SMILES string of the molecule is C=C(CC(C)C)NC(CCN)C(=C)C(C)C.C=CN.CC(C)CN1CCNCC1C. The van der Waals surface area contributed by atoms with Crippen molar-refractivity contribution in [2.24, 2.45) is 29.2 Å². The lowest BCUT2D eigenvalue weighted by atomic mass is 9.94. The molecule has 0 aromatic heterocycles. The van der Waals surface area contributed by atoms with Crippen molar-refractivity contribution in [3.8, 4) is 0 Å². The first-order valence-electron chi connectivity index (χ1n) is 11.6. The molecule has 5 heteroatoms. The van der Waals surface area contributed by atoms with Gasteiger partial charge in [-0.2, -0.15) is 0 Å². The lowest BCUT2D eigenvalue weighted by Gasteiger charge is -2.34. The van der Waals surface area contributed by atoms with E-state index in [2.05, 4.69) is 89.5 Å². The minimum absolute atomic E-state index is 0.274. The first-order chi connectivity index (χ1) is 14.0. The van der Waals surface area contributed by atoms with E-state index in [-0.39, 0.29) is 6.04 Å². The molecule has 1 saturated heterocycles. The van der Waals surface area contributed by atoms with Crippen LogP contribution in [0, 0.1) is 17.8 Å². The third-order valence-electron chi connectivity index (χ3n) is 4.92. The first-order valence-corrected chi connectivity index (χ1v) is 11.6. The molecule has 1 aliphatic heterocycles. The number of rotatable bonds is 10. The number of nitrogens with zero attached hydrogens (tertiary/aromatic N) is 1. The Morgan fingerprint density at radius 2 is 1.73 bits per heavy atom. The van der Waals surface area contributed by atoms with E-state index in [0.29, 0.717) is 18.4 Å². The summed E-state index contributed by atoms with van der Waals surface area (Å²) in [6.07, 6.45) is 3.18. The summed E-state index contributed by atoms with van der Waals surface area (Å²) in [4.78, 5) is 2.57. The van der Waals surface area contributed by atoms with Crippen LogP contribution < -0.4 is 22.1 Å². The van der Waals surface area contributed by atoms with Crippen LogP contribution in [0.3, 0.4) is 0 Å². The molecule has 1 aliphatic rings. The third kappa shape index (κ3) is 16.5. The number of hydrogen-bond acceptors (Lipinski definition) is 5. The molecular formula is C25H53N5. The van der Waals surface area contributed by atoms with Gasteiger partial charge in [0, 0.05) is 44.0 Å². The van der Waals surface area contributed by atoms with Gasteiger partial charge in [0.2, 0.25) is 0 Å². The van der Waals surface area contributed by atoms with Gasteiger partial charge in [0.15, 0.2) is 0 Å². The van der Waals surface area contributed by atoms with Crippen LogP contribution in [0.5, 0.6) is 0 Å². The summed E-state index contributed by atoms with van der Waals surface area (Å²) < 4.78 is 0. The fourth-order valence-corrected chi connectivity index (χ4v) is 3.34. The van der Waals surface area contributed by atoms with Crippen molar-refractivity contribution < 1.29 is 0 Å². The van der Waals surface area contributed by atoms with E-state index < -0.39 is 0 Å². The van der Waals surface area contributed by atoms with Gasteiger partial charge < -0.3 is 22.1 Å². The minimum atomic E-state index is 0.274. The van der Waals surface area contributed by atoms with Crippen molar-refractivity contribution in [3.05, 3.63) is 37.2 Å². The molecule has 1 rings (SSSR count). The van der Waals surface area contributed by atoms with E-state index in [1.54, 1.807) is 0 Å². The number of piperazine rings is 1. The van der Waals surface area contributed by atoms with Crippen LogP contribution in [0.2, 0.25) is 0 Å². The average Bonchev–Trinajstić information content (AvgIpc) is 2.63. The highest BCUT2D eigenvalue weighted by Crippen LogP contribution is 2.17. The van der Waals surface area contributed by atoms with Crippen molar-refractivity contribution in [2.45, 2.75) is 73.4 Å². The largest absolute Gasteiger partial charge is 0.405 e. The molecule has 5 nitrogen and oxygen atoms in total. The molecule has 0 amide bonds. The van der Waals surface area contributed by atoms with Crippen molar-refractivity contribution in [1.82, 2.24) is 15.5 Å². The Balaban J connectivity index is 0. The fourth-order valence-electron chi connectivity index (χ4n) is 3.34. The second-order valence-electron chi connectivity index (χ2n) is 9.38. The standard InChI is InChI=1S/C14H28N2.C9H20N2.C2H5N/c1-10(2)9-12(5)16-14(7-8-15)13(6)11(3)4;1-8(2)7-11-5-4-10-6-9(11)3;1-2-3/h10-11,14,16H,5-9,15H2,1-4H3;8-10H,4-7H2,1-3H3;2H,1,3H2. The van der Waals surface area contributed by atoms with Crippen LogP contribution in [-0.4, -0.2) is 49.7 Å². The maximum absolute atomic E-state index is 5.63. The normalized spacial score (nSPS) is 17.5. The second-order valence-corrected chi connectivity index (χ2v) is 9.38. The van der Waals surface area contributed by atoms with Crippen LogP contribution in [0.15, 0.2) is 37.2 Å². The van der Waals surface area contributed by atoms with Gasteiger partial charge >= 0.3 is 0 Å². The molecule has 0 spiro atoms. The Morgan fingerprint density at radius 1 is 1.17 bits per heavy atom. The zero-order chi connectivity index (χ0) is 23.7. The van der Waals surface area contributed by atoms with Crippen molar-refractivity contribution >= 4 is 0 Å². The number of allylic oxidation sites excluding steroid dienone is 1. The fraction of sp³-hybridized carbons (Fsp3) is 0.760. The Morgan fingerprint density at radius 3 is 2.13 bits per heavy atom. The molecule has 2 unspecified atom stereocenters. The number of hydrogen-bond donors (Lipinski definition) is 4. The second kappa shape index (κ2) is 18.5. The summed E-state index contributed by atoms with van der Waals surface area (Å²) in [6.45, 7) is 32.4. The maximum Gasteiger partial charge on any atom is 0.0482 e. The van der Waals surface area contributed by atoms with Gasteiger partial charge in [-0.25, -0.2) is 0 Å². The van der Waals surface area contributed by atoms with Gasteiger partial charge in [-0.15, -0.1) is 0 Å². The van der Waals surface area contributed by atoms with Crippen LogP contribution in [-0.2, 0) is 0 Å². The zero-order valence-corrected chi connectivity index (χ0v) is 21.1. The predicted molar refractivity (Wildman–Crippen MR) is 136 cm³/mol. The van der Waals surface area contributed by atoms with Gasteiger partial charge in [0.25, 0.3) is 0 Å². The average molecular weight is 424 g/mol. The highest BCUT2D eigenvalue weighted by Gasteiger charge is 2.18. The van der Waals surface area contributed by atoms with E-state index >= 15 is 0 Å². The van der Waals surface area contributed by atoms with Gasteiger partial charge in [0.05, 0.1) is 0 Å². The molecule has 1 fully saturated rings. The lowest BCUT2D eigenvalue weighted by Crippen LogP contribution is -2.50. The Labute approximate surface area is 188 Å². The monoisotopic (exact) mass is 423 g/mol. The third-order valence-corrected chi connectivity index (χ3v) is 4.92. The van der Waals surface area contributed by atoms with Crippen molar-refractivity contribution in [3.63, 3.8) is 0 Å². The molecule has 0 radical (unpaired) electrons.